The molecule has 0 aliphatic heterocycles. The summed E-state index contributed by atoms with van der Waals surface area (Å²) in [5, 5.41) is 8.50. The Hall–Kier alpha value is -2.39. The number of amides is 1. The van der Waals surface area contributed by atoms with Gasteiger partial charge in [0.05, 0.1) is 11.0 Å². The van der Waals surface area contributed by atoms with Gasteiger partial charge in [0, 0.05) is 19.2 Å². The smallest absolute Gasteiger partial charge is 0.319 e. The minimum absolute atomic E-state index is 0.186. The van der Waals surface area contributed by atoms with Gasteiger partial charge >= 0.3 is 6.18 Å². The van der Waals surface area contributed by atoms with E-state index in [9.17, 15) is 18.0 Å². The number of hydrogen-bond acceptors (Lipinski definition) is 4. The minimum Gasteiger partial charge on any atom is -0.319 e. The number of halogens is 3. The second-order valence-corrected chi connectivity index (χ2v) is 6.43. The molecule has 1 amide bonds. The molecule has 28 heavy (non-hydrogen) atoms. The number of likely N-dealkylation sites (N-methyl/N-ethyl adjacent to an activating group) is 1. The predicted molar refractivity (Wildman–Crippen MR) is 101 cm³/mol. The topological polar surface area (TPSA) is 70.4 Å². The summed E-state index contributed by atoms with van der Waals surface area (Å²) < 4.78 is 41.7. The Balaban J connectivity index is 2.34. The fourth-order valence-corrected chi connectivity index (χ4v) is 2.95. The van der Waals surface area contributed by atoms with Gasteiger partial charge in [-0.05, 0) is 43.3 Å². The standard InChI is InChI=1S/C19H25F3N4O2/c1-3-5-10-25(4-2)11-12-26-16-8-6-14(7-9-17(27)24-28)13-15(16)23-18(26)19(20,21)22/h6-9,13,28H,3-5,10-12H2,1-2H3,(H,24,27). The van der Waals surface area contributed by atoms with Crippen LogP contribution in [0.2, 0.25) is 0 Å². The second kappa shape index (κ2) is 9.70. The highest BCUT2D eigenvalue weighted by atomic mass is 19.4. The van der Waals surface area contributed by atoms with Gasteiger partial charge in [-0.25, -0.2) is 10.5 Å². The number of carbonyl (C=O) groups excluding carboxylic acids is 1. The summed E-state index contributed by atoms with van der Waals surface area (Å²) in [7, 11) is 0. The molecule has 2 rings (SSSR count). The number of hydrogen-bond donors (Lipinski definition) is 2. The number of carbonyl (C=O) groups is 1. The molecule has 0 bridgehead atoms. The van der Waals surface area contributed by atoms with Crippen molar-refractivity contribution in [1.82, 2.24) is 19.9 Å². The Morgan fingerprint density at radius 2 is 2.07 bits per heavy atom. The average Bonchev–Trinajstić information content (AvgIpc) is 3.04. The number of nitrogens with zero attached hydrogens (tertiary/aromatic N) is 3. The fourth-order valence-electron chi connectivity index (χ4n) is 2.95. The molecule has 2 aromatic rings. The van der Waals surface area contributed by atoms with Gasteiger partial charge < -0.3 is 9.47 Å². The molecule has 1 heterocycles. The second-order valence-electron chi connectivity index (χ2n) is 6.43. The molecule has 154 valence electrons. The van der Waals surface area contributed by atoms with Crippen molar-refractivity contribution in [3.63, 3.8) is 0 Å². The van der Waals surface area contributed by atoms with Crippen LogP contribution < -0.4 is 5.48 Å². The van der Waals surface area contributed by atoms with Crippen molar-refractivity contribution in [3.05, 3.63) is 35.7 Å². The summed E-state index contributed by atoms with van der Waals surface area (Å²) in [6, 6.07) is 4.66. The van der Waals surface area contributed by atoms with Crippen LogP contribution in [0.5, 0.6) is 0 Å². The van der Waals surface area contributed by atoms with Crippen LogP contribution in [0, 0.1) is 0 Å². The molecule has 0 radical (unpaired) electrons. The van der Waals surface area contributed by atoms with E-state index in [1.54, 1.807) is 12.1 Å². The number of imidazole rings is 1. The summed E-state index contributed by atoms with van der Waals surface area (Å²) in [5.74, 6) is -1.66. The first-order valence-corrected chi connectivity index (χ1v) is 9.22. The van der Waals surface area contributed by atoms with Crippen LogP contribution in [0.25, 0.3) is 17.1 Å². The molecule has 0 aliphatic carbocycles. The third-order valence-electron chi connectivity index (χ3n) is 4.48. The molecular formula is C19H25F3N4O2. The number of unbranched alkanes of at least 4 members (excludes halogenated alkanes) is 1. The Morgan fingerprint density at radius 1 is 1.32 bits per heavy atom. The number of rotatable bonds is 9. The van der Waals surface area contributed by atoms with Crippen LogP contribution >= 0.6 is 0 Å². The number of benzene rings is 1. The number of alkyl halides is 3. The largest absolute Gasteiger partial charge is 0.449 e. The van der Waals surface area contributed by atoms with E-state index in [2.05, 4.69) is 16.8 Å². The Labute approximate surface area is 161 Å². The van der Waals surface area contributed by atoms with Crippen LogP contribution in [0.1, 0.15) is 38.1 Å². The van der Waals surface area contributed by atoms with Crippen molar-refractivity contribution in [2.45, 2.75) is 39.4 Å². The zero-order valence-electron chi connectivity index (χ0n) is 16.0. The van der Waals surface area contributed by atoms with Crippen LogP contribution in [-0.2, 0) is 17.5 Å². The monoisotopic (exact) mass is 398 g/mol. The molecule has 0 atom stereocenters. The van der Waals surface area contributed by atoms with Crippen molar-refractivity contribution in [1.29, 1.82) is 0 Å². The van der Waals surface area contributed by atoms with E-state index in [0.29, 0.717) is 17.6 Å². The number of nitrogens with one attached hydrogen (secondary N) is 1. The Kier molecular flexibility index (Phi) is 7.59. The Morgan fingerprint density at radius 3 is 2.68 bits per heavy atom. The van der Waals surface area contributed by atoms with Gasteiger partial charge in [-0.15, -0.1) is 0 Å². The van der Waals surface area contributed by atoms with Gasteiger partial charge in [0.1, 0.15) is 0 Å². The molecule has 9 heteroatoms. The van der Waals surface area contributed by atoms with E-state index in [1.807, 2.05) is 6.92 Å². The lowest BCUT2D eigenvalue weighted by Crippen LogP contribution is -2.29. The van der Waals surface area contributed by atoms with E-state index < -0.39 is 17.9 Å². The van der Waals surface area contributed by atoms with E-state index in [-0.39, 0.29) is 12.1 Å². The van der Waals surface area contributed by atoms with Gasteiger partial charge in [-0.2, -0.15) is 13.2 Å². The van der Waals surface area contributed by atoms with Gasteiger partial charge in [-0.1, -0.05) is 26.3 Å². The first kappa shape index (κ1) is 21.9. The highest BCUT2D eigenvalue weighted by Crippen LogP contribution is 2.32. The highest BCUT2D eigenvalue weighted by Gasteiger charge is 2.37. The third kappa shape index (κ3) is 5.56. The van der Waals surface area contributed by atoms with Crippen molar-refractivity contribution < 1.29 is 23.2 Å². The fraction of sp³-hybridized carbons (Fsp3) is 0.474. The molecular weight excluding hydrogens is 373 g/mol. The van der Waals surface area contributed by atoms with Gasteiger partial charge in [0.15, 0.2) is 0 Å². The zero-order chi connectivity index (χ0) is 20.7. The summed E-state index contributed by atoms with van der Waals surface area (Å²) in [6.45, 7) is 6.38. The van der Waals surface area contributed by atoms with E-state index >= 15 is 0 Å². The first-order valence-electron chi connectivity index (χ1n) is 9.22. The molecule has 2 N–H and O–H groups in total. The maximum atomic E-state index is 13.5. The van der Waals surface area contributed by atoms with E-state index in [4.69, 9.17) is 5.21 Å². The van der Waals surface area contributed by atoms with Gasteiger partial charge in [0.25, 0.3) is 5.91 Å². The maximum absolute atomic E-state index is 13.5. The summed E-state index contributed by atoms with van der Waals surface area (Å²) in [6.07, 6.45) is -0.0621. The minimum atomic E-state index is -4.56. The summed E-state index contributed by atoms with van der Waals surface area (Å²) in [4.78, 5) is 17.0. The van der Waals surface area contributed by atoms with E-state index in [1.165, 1.54) is 22.2 Å². The summed E-state index contributed by atoms with van der Waals surface area (Å²) in [5.41, 5.74) is 2.56. The molecule has 0 spiro atoms. The molecule has 0 saturated heterocycles. The van der Waals surface area contributed by atoms with E-state index in [0.717, 1.165) is 32.0 Å². The predicted octanol–water partition coefficient (Wildman–Crippen LogP) is 3.70. The van der Waals surface area contributed by atoms with Crippen LogP contribution in [0.3, 0.4) is 0 Å². The SMILES string of the molecule is CCCCN(CC)CCn1c(C(F)(F)F)nc2cc(C=CC(=O)NO)ccc21. The van der Waals surface area contributed by atoms with Crippen LogP contribution in [-0.4, -0.2) is 45.2 Å². The lowest BCUT2D eigenvalue weighted by atomic mass is 10.2. The van der Waals surface area contributed by atoms with Crippen LogP contribution in [0.4, 0.5) is 13.2 Å². The number of aromatic nitrogens is 2. The van der Waals surface area contributed by atoms with Gasteiger partial charge in [-0.3, -0.25) is 10.0 Å². The molecule has 1 aromatic carbocycles. The highest BCUT2D eigenvalue weighted by molar-refractivity contribution is 5.91. The summed E-state index contributed by atoms with van der Waals surface area (Å²) >= 11 is 0. The molecule has 0 fully saturated rings. The Bertz CT molecular complexity index is 830. The van der Waals surface area contributed by atoms with Crippen molar-refractivity contribution in [2.24, 2.45) is 0 Å². The number of fused-ring (bicyclic) bond motifs is 1. The normalized spacial score (nSPS) is 12.4. The lowest BCUT2D eigenvalue weighted by molar-refractivity contribution is -0.147. The zero-order valence-corrected chi connectivity index (χ0v) is 16.0. The molecule has 0 saturated carbocycles. The van der Waals surface area contributed by atoms with Crippen LogP contribution in [0.15, 0.2) is 24.3 Å². The molecule has 6 nitrogen and oxygen atoms in total. The van der Waals surface area contributed by atoms with Crippen molar-refractivity contribution in [3.8, 4) is 0 Å². The molecule has 0 aliphatic rings. The van der Waals surface area contributed by atoms with Crippen molar-refractivity contribution >= 4 is 23.0 Å². The third-order valence-corrected chi connectivity index (χ3v) is 4.48. The van der Waals surface area contributed by atoms with Gasteiger partial charge in [0.2, 0.25) is 5.82 Å². The quantitative estimate of drug-likeness (QED) is 0.384. The average molecular weight is 398 g/mol. The first-order chi connectivity index (χ1) is 13.3. The number of hydroxylamine groups is 1. The van der Waals surface area contributed by atoms with Crippen molar-refractivity contribution in [2.75, 3.05) is 19.6 Å². The molecule has 1 aromatic heterocycles. The maximum Gasteiger partial charge on any atom is 0.449 e. The molecule has 0 unspecified atom stereocenters. The lowest BCUT2D eigenvalue weighted by Gasteiger charge is -2.21.